The van der Waals surface area contributed by atoms with Crippen LogP contribution in [-0.2, 0) is 23.7 Å². The summed E-state index contributed by atoms with van der Waals surface area (Å²) in [6.45, 7) is 2.47. The first-order valence-electron chi connectivity index (χ1n) is 8.07. The lowest BCUT2D eigenvalue weighted by molar-refractivity contribution is -0.142. The number of aromatic nitrogens is 4. The zero-order valence-electron chi connectivity index (χ0n) is 14.1. The second-order valence-electron chi connectivity index (χ2n) is 6.02. The van der Waals surface area contributed by atoms with Crippen LogP contribution in [0.25, 0.3) is 0 Å². The zero-order valence-corrected chi connectivity index (χ0v) is 14.1. The second kappa shape index (κ2) is 6.46. The van der Waals surface area contributed by atoms with Crippen LogP contribution in [0.2, 0.25) is 0 Å². The number of piperidine rings is 1. The van der Waals surface area contributed by atoms with Gasteiger partial charge >= 0.3 is 0 Å². The lowest BCUT2D eigenvalue weighted by Crippen LogP contribution is -2.47. The molecule has 1 N–H and O–H groups in total. The minimum Gasteiger partial charge on any atom is -0.336 e. The van der Waals surface area contributed by atoms with Gasteiger partial charge in [0.25, 0.3) is 0 Å². The van der Waals surface area contributed by atoms with Crippen molar-refractivity contribution >= 4 is 17.8 Å². The third-order valence-electron chi connectivity index (χ3n) is 4.56. The van der Waals surface area contributed by atoms with E-state index in [-0.39, 0.29) is 23.8 Å². The minimum atomic E-state index is -0.364. The molecular formula is C16H22N6O2. The molecule has 1 fully saturated rings. The Kier molecular flexibility index (Phi) is 4.37. The van der Waals surface area contributed by atoms with E-state index in [0.29, 0.717) is 25.3 Å². The summed E-state index contributed by atoms with van der Waals surface area (Å²) in [7, 11) is 3.70. The molecule has 2 atom stereocenters. The lowest BCUT2D eigenvalue weighted by Gasteiger charge is -2.39. The maximum Gasteiger partial charge on any atom is 0.232 e. The summed E-state index contributed by atoms with van der Waals surface area (Å²) in [5, 5.41) is 2.87. The van der Waals surface area contributed by atoms with Gasteiger partial charge in [0.2, 0.25) is 17.8 Å². The van der Waals surface area contributed by atoms with E-state index in [1.807, 2.05) is 31.8 Å². The van der Waals surface area contributed by atoms with Crippen LogP contribution in [0.15, 0.2) is 24.8 Å². The second-order valence-corrected chi connectivity index (χ2v) is 6.02. The van der Waals surface area contributed by atoms with E-state index in [9.17, 15) is 9.59 Å². The number of rotatable bonds is 4. The average molecular weight is 330 g/mol. The Balaban J connectivity index is 1.92. The van der Waals surface area contributed by atoms with Gasteiger partial charge < -0.3 is 14.0 Å². The van der Waals surface area contributed by atoms with Crippen LogP contribution in [0.5, 0.6) is 0 Å². The Morgan fingerprint density at radius 1 is 1.25 bits per heavy atom. The van der Waals surface area contributed by atoms with Gasteiger partial charge in [0.05, 0.1) is 5.92 Å². The quantitative estimate of drug-likeness (QED) is 0.909. The van der Waals surface area contributed by atoms with Crippen LogP contribution in [0.4, 0.5) is 5.95 Å². The molecule has 0 aromatic carbocycles. The molecule has 1 aliphatic rings. The molecule has 24 heavy (non-hydrogen) atoms. The van der Waals surface area contributed by atoms with Gasteiger partial charge in [0.15, 0.2) is 0 Å². The monoisotopic (exact) mass is 330 g/mol. The van der Waals surface area contributed by atoms with Gasteiger partial charge in [-0.25, -0.2) is 9.97 Å². The van der Waals surface area contributed by atoms with Crippen molar-refractivity contribution in [1.82, 2.24) is 24.0 Å². The predicted octanol–water partition coefficient (Wildman–Crippen LogP) is 1.09. The topological polar surface area (TPSA) is 85.1 Å². The Hall–Kier alpha value is -2.64. The number of nitrogens with zero attached hydrogens (tertiary/aromatic N) is 5. The van der Waals surface area contributed by atoms with E-state index >= 15 is 0 Å². The molecule has 1 saturated heterocycles. The van der Waals surface area contributed by atoms with Crippen molar-refractivity contribution in [2.75, 3.05) is 11.9 Å². The molecule has 128 valence electrons. The summed E-state index contributed by atoms with van der Waals surface area (Å²) in [4.78, 5) is 35.5. The first kappa shape index (κ1) is 16.2. The van der Waals surface area contributed by atoms with E-state index in [2.05, 4.69) is 15.3 Å². The first-order chi connectivity index (χ1) is 11.5. The van der Waals surface area contributed by atoms with Gasteiger partial charge in [-0.2, -0.15) is 0 Å². The van der Waals surface area contributed by atoms with Gasteiger partial charge in [-0.05, 0) is 13.3 Å². The van der Waals surface area contributed by atoms with Crippen molar-refractivity contribution in [2.45, 2.75) is 25.8 Å². The van der Waals surface area contributed by atoms with Crippen LogP contribution in [0, 0.1) is 5.92 Å². The normalized spacial score (nSPS) is 21.1. The van der Waals surface area contributed by atoms with Crippen LogP contribution < -0.4 is 5.32 Å². The van der Waals surface area contributed by atoms with Crippen molar-refractivity contribution in [1.29, 1.82) is 0 Å². The smallest absolute Gasteiger partial charge is 0.232 e. The van der Waals surface area contributed by atoms with E-state index in [1.54, 1.807) is 28.1 Å². The third-order valence-corrected chi connectivity index (χ3v) is 4.56. The fourth-order valence-electron chi connectivity index (χ4n) is 3.27. The molecule has 1 aliphatic heterocycles. The molecule has 2 aromatic heterocycles. The number of likely N-dealkylation sites (tertiary alicyclic amines) is 1. The molecule has 0 unspecified atom stereocenters. The van der Waals surface area contributed by atoms with Gasteiger partial charge in [-0.1, -0.05) is 0 Å². The highest BCUT2D eigenvalue weighted by atomic mass is 16.2. The molecule has 3 heterocycles. The van der Waals surface area contributed by atoms with Gasteiger partial charge in [-0.3, -0.25) is 14.9 Å². The van der Waals surface area contributed by atoms with Crippen LogP contribution in [0.1, 0.15) is 31.6 Å². The number of carbonyl (C=O) groups is 2. The molecule has 3 rings (SSSR count). The number of anilines is 1. The van der Waals surface area contributed by atoms with E-state index in [4.69, 9.17) is 0 Å². The number of aryl methyl sites for hydroxylation is 2. The van der Waals surface area contributed by atoms with E-state index < -0.39 is 0 Å². The summed E-state index contributed by atoms with van der Waals surface area (Å²) in [6, 6.07) is -0.364. The SMILES string of the molecule is CCN1C(=O)CC[C@H](C(=O)Nc2nccn2C)[C@H]1c1nccn1C. The molecule has 0 aliphatic carbocycles. The number of amides is 2. The zero-order chi connectivity index (χ0) is 17.3. The number of hydrogen-bond acceptors (Lipinski definition) is 4. The van der Waals surface area contributed by atoms with Gasteiger partial charge in [-0.15, -0.1) is 0 Å². The molecule has 8 nitrogen and oxygen atoms in total. The number of imidazole rings is 2. The van der Waals surface area contributed by atoms with Crippen molar-refractivity contribution < 1.29 is 9.59 Å². The fourth-order valence-corrected chi connectivity index (χ4v) is 3.27. The molecule has 0 bridgehead atoms. The molecular weight excluding hydrogens is 308 g/mol. The average Bonchev–Trinajstić information content (AvgIpc) is 3.15. The first-order valence-corrected chi connectivity index (χ1v) is 8.07. The largest absolute Gasteiger partial charge is 0.336 e. The summed E-state index contributed by atoms with van der Waals surface area (Å²) < 4.78 is 3.62. The molecule has 0 saturated carbocycles. The van der Waals surface area contributed by atoms with Gasteiger partial charge in [0.1, 0.15) is 11.9 Å². The Labute approximate surface area is 140 Å². The van der Waals surface area contributed by atoms with E-state index in [1.165, 1.54) is 0 Å². The van der Waals surface area contributed by atoms with Crippen molar-refractivity contribution in [3.8, 4) is 0 Å². The highest BCUT2D eigenvalue weighted by molar-refractivity contribution is 5.93. The third kappa shape index (κ3) is 2.79. The summed E-state index contributed by atoms with van der Waals surface area (Å²) >= 11 is 0. The molecule has 0 radical (unpaired) electrons. The Morgan fingerprint density at radius 2 is 1.96 bits per heavy atom. The van der Waals surface area contributed by atoms with Crippen LogP contribution in [0.3, 0.4) is 0 Å². The van der Waals surface area contributed by atoms with Crippen LogP contribution >= 0.6 is 0 Å². The number of nitrogens with one attached hydrogen (secondary N) is 1. The van der Waals surface area contributed by atoms with Crippen LogP contribution in [-0.4, -0.2) is 42.4 Å². The van der Waals surface area contributed by atoms with E-state index in [0.717, 1.165) is 5.82 Å². The maximum absolute atomic E-state index is 12.9. The molecule has 2 amide bonds. The highest BCUT2D eigenvalue weighted by Crippen LogP contribution is 2.36. The molecule has 0 spiro atoms. The number of carbonyl (C=O) groups excluding carboxylic acids is 2. The van der Waals surface area contributed by atoms with Crippen molar-refractivity contribution in [3.63, 3.8) is 0 Å². The fraction of sp³-hybridized carbons (Fsp3) is 0.500. The minimum absolute atomic E-state index is 0.0616. The maximum atomic E-state index is 12.9. The molecule has 8 heteroatoms. The summed E-state index contributed by atoms with van der Waals surface area (Å²) in [5.74, 6) is 0.790. The predicted molar refractivity (Wildman–Crippen MR) is 87.9 cm³/mol. The highest BCUT2D eigenvalue weighted by Gasteiger charge is 2.42. The molecule has 2 aromatic rings. The summed E-state index contributed by atoms with van der Waals surface area (Å²) in [5.41, 5.74) is 0. The Bertz CT molecular complexity index is 749. The summed E-state index contributed by atoms with van der Waals surface area (Å²) in [6.07, 6.45) is 7.80. The van der Waals surface area contributed by atoms with Crippen molar-refractivity contribution in [3.05, 3.63) is 30.6 Å². The lowest BCUT2D eigenvalue weighted by atomic mass is 9.87. The number of hydrogen-bond donors (Lipinski definition) is 1. The Morgan fingerprint density at radius 3 is 2.54 bits per heavy atom. The van der Waals surface area contributed by atoms with Crippen molar-refractivity contribution in [2.24, 2.45) is 20.0 Å². The van der Waals surface area contributed by atoms with Gasteiger partial charge in [0, 0.05) is 51.8 Å². The standard InChI is InChI=1S/C16H22N6O2/c1-4-22-12(23)6-5-11(13(22)14-17-7-9-20(14)2)15(24)19-16-18-8-10-21(16)3/h7-11,13H,4-6H2,1-3H3,(H,18,19,24)/t11-,13-/m0/s1.